The van der Waals surface area contributed by atoms with Gasteiger partial charge in [-0.15, -0.1) is 15.3 Å². The molecule has 0 unspecified atom stereocenters. The Morgan fingerprint density at radius 3 is 3.11 bits per heavy atom. The highest BCUT2D eigenvalue weighted by Crippen LogP contribution is 2.08. The summed E-state index contributed by atoms with van der Waals surface area (Å²) in [6.07, 6.45) is 3.79. The highest BCUT2D eigenvalue weighted by atomic mass is 15.4. The molecule has 0 fully saturated rings. The van der Waals surface area contributed by atoms with Crippen molar-refractivity contribution >= 4 is 0 Å². The molecule has 102 valence electrons. The predicted octanol–water partition coefficient (Wildman–Crippen LogP) is -0.895. The van der Waals surface area contributed by atoms with E-state index in [1.165, 1.54) is 0 Å². The molecule has 0 aliphatic carbocycles. The molecule has 2 aromatic rings. The SMILES string of the molecule is CNCc1cn(CCN2CCn3cnnc3C2)nn1. The lowest BCUT2D eigenvalue weighted by molar-refractivity contribution is 0.206. The second-order valence-electron chi connectivity index (χ2n) is 4.72. The Labute approximate surface area is 111 Å². The lowest BCUT2D eigenvalue weighted by Gasteiger charge is -2.26. The van der Waals surface area contributed by atoms with Crippen LogP contribution in [0.25, 0.3) is 0 Å². The molecule has 0 bridgehead atoms. The molecule has 3 heterocycles. The van der Waals surface area contributed by atoms with Crippen molar-refractivity contribution in [1.29, 1.82) is 0 Å². The van der Waals surface area contributed by atoms with Gasteiger partial charge in [0.05, 0.1) is 18.8 Å². The van der Waals surface area contributed by atoms with E-state index < -0.39 is 0 Å². The Morgan fingerprint density at radius 2 is 2.21 bits per heavy atom. The second-order valence-corrected chi connectivity index (χ2v) is 4.72. The van der Waals surface area contributed by atoms with Crippen LogP contribution in [0.3, 0.4) is 0 Å². The van der Waals surface area contributed by atoms with E-state index in [2.05, 4.69) is 35.3 Å². The fourth-order valence-electron chi connectivity index (χ4n) is 2.26. The first kappa shape index (κ1) is 12.2. The van der Waals surface area contributed by atoms with Crippen LogP contribution in [0.4, 0.5) is 0 Å². The standard InChI is InChI=1S/C11H18N8/c1-12-6-10-7-19(16-14-10)5-3-17-2-4-18-9-13-15-11(18)8-17/h7,9,12H,2-6,8H2,1H3. The highest BCUT2D eigenvalue weighted by molar-refractivity contribution is 4.92. The van der Waals surface area contributed by atoms with Gasteiger partial charge in [-0.3, -0.25) is 9.58 Å². The van der Waals surface area contributed by atoms with Gasteiger partial charge in [-0.2, -0.15) is 0 Å². The summed E-state index contributed by atoms with van der Waals surface area (Å²) in [5, 5.41) is 19.3. The first-order valence-corrected chi connectivity index (χ1v) is 6.48. The molecule has 1 aliphatic rings. The van der Waals surface area contributed by atoms with E-state index in [0.29, 0.717) is 0 Å². The Morgan fingerprint density at radius 1 is 1.26 bits per heavy atom. The zero-order valence-corrected chi connectivity index (χ0v) is 11.0. The molecule has 8 nitrogen and oxygen atoms in total. The van der Waals surface area contributed by atoms with E-state index >= 15 is 0 Å². The molecule has 3 rings (SSSR count). The Kier molecular flexibility index (Phi) is 3.51. The largest absolute Gasteiger partial charge is 0.315 e. The van der Waals surface area contributed by atoms with Gasteiger partial charge >= 0.3 is 0 Å². The maximum Gasteiger partial charge on any atom is 0.147 e. The van der Waals surface area contributed by atoms with Crippen LogP contribution in [0, 0.1) is 0 Å². The van der Waals surface area contributed by atoms with E-state index in [9.17, 15) is 0 Å². The van der Waals surface area contributed by atoms with E-state index in [4.69, 9.17) is 0 Å². The van der Waals surface area contributed by atoms with Crippen LogP contribution in [0.1, 0.15) is 11.5 Å². The third kappa shape index (κ3) is 2.79. The Hall–Kier alpha value is -1.80. The van der Waals surface area contributed by atoms with Gasteiger partial charge < -0.3 is 9.88 Å². The summed E-state index contributed by atoms with van der Waals surface area (Å²) in [5.41, 5.74) is 0.973. The molecule has 0 radical (unpaired) electrons. The molecule has 0 saturated heterocycles. The van der Waals surface area contributed by atoms with Crippen molar-refractivity contribution in [3.8, 4) is 0 Å². The van der Waals surface area contributed by atoms with Crippen molar-refractivity contribution in [2.75, 3.05) is 20.1 Å². The van der Waals surface area contributed by atoms with Crippen molar-refractivity contribution in [2.24, 2.45) is 0 Å². The third-order valence-electron chi connectivity index (χ3n) is 3.31. The van der Waals surface area contributed by atoms with E-state index in [1.807, 2.05) is 17.9 Å². The van der Waals surface area contributed by atoms with Crippen molar-refractivity contribution in [2.45, 2.75) is 26.2 Å². The molecule has 0 aromatic carbocycles. The predicted molar refractivity (Wildman–Crippen MR) is 68.1 cm³/mol. The topological polar surface area (TPSA) is 76.7 Å². The molecule has 0 amide bonds. The molecule has 8 heteroatoms. The maximum atomic E-state index is 4.12. The molecule has 1 N–H and O–H groups in total. The fourth-order valence-corrected chi connectivity index (χ4v) is 2.26. The zero-order chi connectivity index (χ0) is 13.1. The van der Waals surface area contributed by atoms with Crippen LogP contribution in [0.5, 0.6) is 0 Å². The average Bonchev–Trinajstić information content (AvgIpc) is 3.04. The lowest BCUT2D eigenvalue weighted by Crippen LogP contribution is -2.35. The minimum absolute atomic E-state index is 0.757. The third-order valence-corrected chi connectivity index (χ3v) is 3.31. The lowest BCUT2D eigenvalue weighted by atomic mass is 10.3. The number of nitrogens with zero attached hydrogens (tertiary/aromatic N) is 7. The average molecular weight is 262 g/mol. The maximum absolute atomic E-state index is 4.12. The minimum atomic E-state index is 0.757. The summed E-state index contributed by atoms with van der Waals surface area (Å²) in [7, 11) is 1.91. The Bertz CT molecular complexity index is 530. The smallest absolute Gasteiger partial charge is 0.147 e. The monoisotopic (exact) mass is 262 g/mol. The van der Waals surface area contributed by atoms with E-state index in [0.717, 1.165) is 50.8 Å². The van der Waals surface area contributed by atoms with Gasteiger partial charge in [0.2, 0.25) is 0 Å². The minimum Gasteiger partial charge on any atom is -0.315 e. The normalized spacial score (nSPS) is 15.6. The van der Waals surface area contributed by atoms with Gasteiger partial charge in [-0.25, -0.2) is 0 Å². The van der Waals surface area contributed by atoms with Crippen molar-refractivity contribution in [1.82, 2.24) is 40.0 Å². The number of aromatic nitrogens is 6. The number of hydrogen-bond acceptors (Lipinski definition) is 6. The van der Waals surface area contributed by atoms with Crippen LogP contribution in [0.15, 0.2) is 12.5 Å². The van der Waals surface area contributed by atoms with Gasteiger partial charge in [0.15, 0.2) is 0 Å². The summed E-state index contributed by atoms with van der Waals surface area (Å²) in [4.78, 5) is 2.36. The van der Waals surface area contributed by atoms with Gasteiger partial charge in [0.25, 0.3) is 0 Å². The fraction of sp³-hybridized carbons (Fsp3) is 0.636. The molecule has 2 aromatic heterocycles. The van der Waals surface area contributed by atoms with Crippen LogP contribution in [-0.2, 0) is 26.2 Å². The molecular formula is C11H18N8. The first-order valence-electron chi connectivity index (χ1n) is 6.48. The zero-order valence-electron chi connectivity index (χ0n) is 11.0. The molecular weight excluding hydrogens is 244 g/mol. The van der Waals surface area contributed by atoms with Gasteiger partial charge in [-0.05, 0) is 7.05 Å². The second kappa shape index (κ2) is 5.45. The summed E-state index contributed by atoms with van der Waals surface area (Å²) < 4.78 is 4.00. The van der Waals surface area contributed by atoms with Crippen LogP contribution in [-0.4, -0.2) is 54.8 Å². The van der Waals surface area contributed by atoms with E-state index in [-0.39, 0.29) is 0 Å². The number of rotatable bonds is 5. The number of hydrogen-bond donors (Lipinski definition) is 1. The van der Waals surface area contributed by atoms with Crippen LogP contribution in [0.2, 0.25) is 0 Å². The number of fused-ring (bicyclic) bond motifs is 1. The molecule has 0 atom stereocenters. The summed E-state index contributed by atoms with van der Waals surface area (Å²) >= 11 is 0. The van der Waals surface area contributed by atoms with Gasteiger partial charge in [0.1, 0.15) is 12.2 Å². The molecule has 1 aliphatic heterocycles. The van der Waals surface area contributed by atoms with Crippen molar-refractivity contribution in [3.63, 3.8) is 0 Å². The van der Waals surface area contributed by atoms with Gasteiger partial charge in [0, 0.05) is 32.4 Å². The molecule has 19 heavy (non-hydrogen) atoms. The van der Waals surface area contributed by atoms with E-state index in [1.54, 1.807) is 6.33 Å². The highest BCUT2D eigenvalue weighted by Gasteiger charge is 2.16. The van der Waals surface area contributed by atoms with Gasteiger partial charge in [-0.1, -0.05) is 5.21 Å². The summed E-state index contributed by atoms with van der Waals surface area (Å²) in [6, 6.07) is 0. The van der Waals surface area contributed by atoms with Crippen molar-refractivity contribution in [3.05, 3.63) is 24.0 Å². The molecule has 0 spiro atoms. The summed E-state index contributed by atoms with van der Waals surface area (Å²) in [6.45, 7) is 5.42. The number of nitrogens with one attached hydrogen (secondary N) is 1. The Balaban J connectivity index is 1.52. The summed E-state index contributed by atoms with van der Waals surface area (Å²) in [5.74, 6) is 1.04. The molecule has 0 saturated carbocycles. The van der Waals surface area contributed by atoms with Crippen molar-refractivity contribution < 1.29 is 0 Å². The quantitative estimate of drug-likeness (QED) is 0.753. The van der Waals surface area contributed by atoms with Crippen LogP contribution < -0.4 is 5.32 Å². The van der Waals surface area contributed by atoms with Crippen LogP contribution >= 0.6 is 0 Å². The first-order chi connectivity index (χ1) is 9.35.